The van der Waals surface area contributed by atoms with Gasteiger partial charge < -0.3 is 0 Å². The van der Waals surface area contributed by atoms with Crippen LogP contribution >= 0.6 is 15.9 Å². The summed E-state index contributed by atoms with van der Waals surface area (Å²) >= 11 is 3.26. The van der Waals surface area contributed by atoms with Gasteiger partial charge in [-0.2, -0.15) is 4.68 Å². The largest absolute Gasteiger partial charge is 0.264 e. The third kappa shape index (κ3) is 3.00. The van der Waals surface area contributed by atoms with Crippen LogP contribution in [0, 0.1) is 0 Å². The maximum Gasteiger partial charge on any atom is 0.264 e. The van der Waals surface area contributed by atoms with Gasteiger partial charge in [0, 0.05) is 4.47 Å². The fraction of sp³-hybridized carbons (Fsp3) is 0. The van der Waals surface area contributed by atoms with Crippen molar-refractivity contribution in [3.63, 3.8) is 0 Å². The second-order valence-corrected chi connectivity index (χ2v) is 6.91. The Labute approximate surface area is 135 Å². The summed E-state index contributed by atoms with van der Waals surface area (Å²) in [6.45, 7) is 0. The van der Waals surface area contributed by atoms with E-state index in [0.29, 0.717) is 5.69 Å². The Morgan fingerprint density at radius 3 is 2.36 bits per heavy atom. The number of halogens is 1. The SMILES string of the molecule is O=S(=O)(Nc1nnnn1-c1ccccc1)c1ccc(Br)cc1. The van der Waals surface area contributed by atoms with Crippen LogP contribution in [0.5, 0.6) is 0 Å². The van der Waals surface area contributed by atoms with E-state index < -0.39 is 10.0 Å². The minimum absolute atomic E-state index is 0.0223. The van der Waals surface area contributed by atoms with Crippen LogP contribution in [0.2, 0.25) is 0 Å². The summed E-state index contributed by atoms with van der Waals surface area (Å²) in [5.41, 5.74) is 0.654. The van der Waals surface area contributed by atoms with Gasteiger partial charge in [0.1, 0.15) is 0 Å². The van der Waals surface area contributed by atoms with E-state index in [9.17, 15) is 8.42 Å². The molecule has 2 aromatic carbocycles. The van der Waals surface area contributed by atoms with Crippen LogP contribution in [0.3, 0.4) is 0 Å². The van der Waals surface area contributed by atoms with E-state index in [4.69, 9.17) is 0 Å². The lowest BCUT2D eigenvalue weighted by atomic mass is 10.3. The number of benzene rings is 2. The molecule has 1 heterocycles. The standard InChI is InChI=1S/C13H10BrN5O2S/c14-10-6-8-12(9-7-10)22(20,21)16-13-15-17-18-19(13)11-4-2-1-3-5-11/h1-9H,(H,15,16,18). The molecule has 0 spiro atoms. The van der Waals surface area contributed by atoms with Crippen LogP contribution in [0.15, 0.2) is 64.0 Å². The zero-order valence-corrected chi connectivity index (χ0v) is 13.5. The van der Waals surface area contributed by atoms with E-state index in [-0.39, 0.29) is 10.8 Å². The number of hydrogen-bond donors (Lipinski definition) is 1. The molecule has 0 saturated heterocycles. The summed E-state index contributed by atoms with van der Waals surface area (Å²) in [7, 11) is -3.76. The number of anilines is 1. The van der Waals surface area contributed by atoms with Gasteiger partial charge in [0.05, 0.1) is 10.6 Å². The number of aromatic nitrogens is 4. The number of sulfonamides is 1. The number of hydrogen-bond acceptors (Lipinski definition) is 5. The minimum atomic E-state index is -3.76. The fourth-order valence-corrected chi connectivity index (χ4v) is 3.03. The summed E-state index contributed by atoms with van der Waals surface area (Å²) in [4.78, 5) is 0.123. The van der Waals surface area contributed by atoms with E-state index >= 15 is 0 Å². The zero-order chi connectivity index (χ0) is 15.6. The number of para-hydroxylation sites is 1. The van der Waals surface area contributed by atoms with Crippen LogP contribution in [-0.4, -0.2) is 28.6 Å². The molecule has 1 N–H and O–H groups in total. The molecule has 0 saturated carbocycles. The van der Waals surface area contributed by atoms with Gasteiger partial charge in [-0.25, -0.2) is 13.1 Å². The van der Waals surface area contributed by atoms with Crippen LogP contribution in [-0.2, 0) is 10.0 Å². The Balaban J connectivity index is 1.94. The number of tetrazole rings is 1. The zero-order valence-electron chi connectivity index (χ0n) is 11.1. The summed E-state index contributed by atoms with van der Waals surface area (Å²) in [5.74, 6) is 0.0223. The molecule has 0 amide bonds. The van der Waals surface area contributed by atoms with Gasteiger partial charge in [0.15, 0.2) is 0 Å². The number of rotatable bonds is 4. The summed E-state index contributed by atoms with van der Waals surface area (Å²) in [6, 6.07) is 15.3. The van der Waals surface area contributed by atoms with E-state index in [1.165, 1.54) is 16.8 Å². The summed E-state index contributed by atoms with van der Waals surface area (Å²) < 4.78 is 29.2. The molecule has 1 aromatic heterocycles. The molecule has 0 aliphatic carbocycles. The Bertz CT molecular complexity index is 878. The lowest BCUT2D eigenvalue weighted by molar-refractivity contribution is 0.600. The predicted molar refractivity (Wildman–Crippen MR) is 84.1 cm³/mol. The van der Waals surface area contributed by atoms with Gasteiger partial charge in [-0.1, -0.05) is 39.2 Å². The molecule has 0 unspecified atom stereocenters. The molecule has 0 bridgehead atoms. The van der Waals surface area contributed by atoms with Gasteiger partial charge in [0.25, 0.3) is 16.0 Å². The maximum atomic E-state index is 12.4. The van der Waals surface area contributed by atoms with E-state index in [1.807, 2.05) is 18.2 Å². The molecule has 0 radical (unpaired) electrons. The molecular weight excluding hydrogens is 370 g/mol. The van der Waals surface area contributed by atoms with Crippen molar-refractivity contribution in [2.24, 2.45) is 0 Å². The molecule has 0 aliphatic rings. The van der Waals surface area contributed by atoms with Crippen molar-refractivity contribution in [1.82, 2.24) is 20.2 Å². The topological polar surface area (TPSA) is 89.8 Å². The molecule has 112 valence electrons. The van der Waals surface area contributed by atoms with Crippen LogP contribution < -0.4 is 4.72 Å². The smallest absolute Gasteiger partial charge is 0.246 e. The molecule has 0 fully saturated rings. The van der Waals surface area contributed by atoms with Crippen molar-refractivity contribution >= 4 is 31.9 Å². The highest BCUT2D eigenvalue weighted by Gasteiger charge is 2.18. The first-order valence-electron chi connectivity index (χ1n) is 6.18. The highest BCUT2D eigenvalue weighted by Crippen LogP contribution is 2.18. The summed E-state index contributed by atoms with van der Waals surface area (Å²) in [5, 5.41) is 11.0. The van der Waals surface area contributed by atoms with Gasteiger partial charge in [-0.05, 0) is 46.8 Å². The average Bonchev–Trinajstić information content (AvgIpc) is 2.96. The Morgan fingerprint density at radius 1 is 1.00 bits per heavy atom. The number of nitrogens with one attached hydrogen (secondary N) is 1. The van der Waals surface area contributed by atoms with Crippen molar-refractivity contribution in [1.29, 1.82) is 0 Å². The van der Waals surface area contributed by atoms with Crippen molar-refractivity contribution < 1.29 is 8.42 Å². The highest BCUT2D eigenvalue weighted by atomic mass is 79.9. The van der Waals surface area contributed by atoms with Crippen molar-refractivity contribution in [2.75, 3.05) is 4.72 Å². The third-order valence-corrected chi connectivity index (χ3v) is 4.69. The lowest BCUT2D eigenvalue weighted by Gasteiger charge is -2.08. The second kappa shape index (κ2) is 5.85. The van der Waals surface area contributed by atoms with Crippen LogP contribution in [0.25, 0.3) is 5.69 Å². The molecule has 0 atom stereocenters. The molecule has 3 aromatic rings. The fourth-order valence-electron chi connectivity index (χ4n) is 1.79. The number of nitrogens with zero attached hydrogens (tertiary/aromatic N) is 4. The molecule has 9 heteroatoms. The highest BCUT2D eigenvalue weighted by molar-refractivity contribution is 9.10. The maximum absolute atomic E-state index is 12.4. The second-order valence-electron chi connectivity index (χ2n) is 4.31. The third-order valence-electron chi connectivity index (χ3n) is 2.82. The summed E-state index contributed by atoms with van der Waals surface area (Å²) in [6.07, 6.45) is 0. The first-order chi connectivity index (χ1) is 10.6. The van der Waals surface area contributed by atoms with Gasteiger partial charge in [-0.15, -0.1) is 0 Å². The molecule has 3 rings (SSSR count). The van der Waals surface area contributed by atoms with E-state index in [1.54, 1.807) is 24.3 Å². The van der Waals surface area contributed by atoms with Crippen LogP contribution in [0.4, 0.5) is 5.95 Å². The average molecular weight is 380 g/mol. The Morgan fingerprint density at radius 2 is 1.68 bits per heavy atom. The van der Waals surface area contributed by atoms with Gasteiger partial charge >= 0.3 is 0 Å². The van der Waals surface area contributed by atoms with Crippen molar-refractivity contribution in [2.45, 2.75) is 4.90 Å². The van der Waals surface area contributed by atoms with Crippen molar-refractivity contribution in [3.05, 3.63) is 59.1 Å². The lowest BCUT2D eigenvalue weighted by Crippen LogP contribution is -2.16. The van der Waals surface area contributed by atoms with Gasteiger partial charge in [0.2, 0.25) is 0 Å². The molecule has 22 heavy (non-hydrogen) atoms. The quantitative estimate of drug-likeness (QED) is 0.750. The molecule has 0 aliphatic heterocycles. The van der Waals surface area contributed by atoms with Crippen LogP contribution in [0.1, 0.15) is 0 Å². The van der Waals surface area contributed by atoms with Crippen molar-refractivity contribution in [3.8, 4) is 5.69 Å². The first kappa shape index (κ1) is 14.7. The first-order valence-corrected chi connectivity index (χ1v) is 8.46. The Kier molecular flexibility index (Phi) is 3.90. The molecular formula is C13H10BrN5O2S. The monoisotopic (exact) mass is 379 g/mol. The van der Waals surface area contributed by atoms with E-state index in [0.717, 1.165) is 4.47 Å². The Hall–Kier alpha value is -2.26. The van der Waals surface area contributed by atoms with E-state index in [2.05, 4.69) is 36.2 Å². The minimum Gasteiger partial charge on any atom is -0.246 e. The molecule has 7 nitrogen and oxygen atoms in total. The predicted octanol–water partition coefficient (Wildman–Crippen LogP) is 2.23. The normalized spacial score (nSPS) is 11.3. The van der Waals surface area contributed by atoms with Gasteiger partial charge in [-0.3, -0.25) is 0 Å².